The van der Waals surface area contributed by atoms with Crippen LogP contribution in [0.4, 0.5) is 0 Å². The zero-order valence-electron chi connectivity index (χ0n) is 11.2. The molecule has 0 atom stereocenters. The maximum absolute atomic E-state index is 5.82. The summed E-state index contributed by atoms with van der Waals surface area (Å²) in [6.07, 6.45) is 2.31. The minimum Gasteiger partial charge on any atom is -0.334 e. The summed E-state index contributed by atoms with van der Waals surface area (Å²) in [7, 11) is 0. The molecule has 0 unspecified atom stereocenters. The first-order chi connectivity index (χ1) is 10.3. The van der Waals surface area contributed by atoms with Crippen molar-refractivity contribution in [2.75, 3.05) is 6.54 Å². The fraction of sp³-hybridized carbons (Fsp3) is 0.133. The SMILES string of the molecule is NCCc1ccccc1-c1nc(-c2ccc(Cl)cn2)no1. The van der Waals surface area contributed by atoms with Crippen LogP contribution in [0.25, 0.3) is 23.0 Å². The fourth-order valence-electron chi connectivity index (χ4n) is 2.05. The van der Waals surface area contributed by atoms with E-state index in [4.69, 9.17) is 21.9 Å². The van der Waals surface area contributed by atoms with Gasteiger partial charge >= 0.3 is 0 Å². The van der Waals surface area contributed by atoms with Gasteiger partial charge in [0.05, 0.1) is 5.02 Å². The van der Waals surface area contributed by atoms with E-state index in [-0.39, 0.29) is 0 Å². The van der Waals surface area contributed by atoms with Gasteiger partial charge in [-0.25, -0.2) is 0 Å². The third-order valence-electron chi connectivity index (χ3n) is 3.04. The van der Waals surface area contributed by atoms with Crippen molar-refractivity contribution < 1.29 is 4.52 Å². The third kappa shape index (κ3) is 2.94. The number of halogens is 1. The van der Waals surface area contributed by atoms with Gasteiger partial charge in [0.2, 0.25) is 5.82 Å². The monoisotopic (exact) mass is 300 g/mol. The van der Waals surface area contributed by atoms with E-state index in [1.165, 1.54) is 0 Å². The summed E-state index contributed by atoms with van der Waals surface area (Å²) >= 11 is 5.82. The Bertz CT molecular complexity index is 739. The highest BCUT2D eigenvalue weighted by molar-refractivity contribution is 6.30. The van der Waals surface area contributed by atoms with Gasteiger partial charge in [0.15, 0.2) is 0 Å². The lowest BCUT2D eigenvalue weighted by Gasteiger charge is -2.03. The van der Waals surface area contributed by atoms with E-state index in [2.05, 4.69) is 15.1 Å². The van der Waals surface area contributed by atoms with E-state index >= 15 is 0 Å². The Labute approximate surface area is 126 Å². The maximum atomic E-state index is 5.82. The molecule has 21 heavy (non-hydrogen) atoms. The Kier molecular flexibility index (Phi) is 3.94. The molecule has 0 aliphatic heterocycles. The summed E-state index contributed by atoms with van der Waals surface area (Å²) in [5.74, 6) is 0.898. The summed E-state index contributed by atoms with van der Waals surface area (Å²) in [4.78, 5) is 8.58. The molecule has 0 bridgehead atoms. The molecule has 0 fully saturated rings. The van der Waals surface area contributed by atoms with Crippen molar-refractivity contribution in [3.05, 3.63) is 53.2 Å². The molecule has 2 heterocycles. The number of aromatic nitrogens is 3. The molecular weight excluding hydrogens is 288 g/mol. The molecule has 2 N–H and O–H groups in total. The lowest BCUT2D eigenvalue weighted by molar-refractivity contribution is 0.431. The normalized spacial score (nSPS) is 10.8. The van der Waals surface area contributed by atoms with Gasteiger partial charge in [-0.2, -0.15) is 4.98 Å². The summed E-state index contributed by atoms with van der Waals surface area (Å²) in [5, 5.41) is 4.54. The highest BCUT2D eigenvalue weighted by atomic mass is 35.5. The number of nitrogens with two attached hydrogens (primary N) is 1. The van der Waals surface area contributed by atoms with Crippen molar-refractivity contribution in [1.29, 1.82) is 0 Å². The summed E-state index contributed by atoms with van der Waals surface area (Å²) in [5.41, 5.74) is 8.23. The zero-order chi connectivity index (χ0) is 14.7. The molecule has 0 spiro atoms. The lowest BCUT2D eigenvalue weighted by Crippen LogP contribution is -2.03. The Morgan fingerprint density at radius 3 is 2.76 bits per heavy atom. The van der Waals surface area contributed by atoms with Gasteiger partial charge in [0.1, 0.15) is 5.69 Å². The molecule has 3 aromatic rings. The number of hydrogen-bond donors (Lipinski definition) is 1. The number of nitrogens with zero attached hydrogens (tertiary/aromatic N) is 3. The van der Waals surface area contributed by atoms with E-state index in [1.807, 2.05) is 24.3 Å². The number of pyridine rings is 1. The number of benzene rings is 1. The van der Waals surface area contributed by atoms with Crippen LogP contribution in [0, 0.1) is 0 Å². The number of rotatable bonds is 4. The van der Waals surface area contributed by atoms with E-state index in [1.54, 1.807) is 18.3 Å². The molecule has 0 aliphatic carbocycles. The van der Waals surface area contributed by atoms with Crippen molar-refractivity contribution in [2.45, 2.75) is 6.42 Å². The minimum absolute atomic E-state index is 0.434. The molecule has 3 rings (SSSR count). The van der Waals surface area contributed by atoms with Gasteiger partial charge in [-0.1, -0.05) is 35.0 Å². The predicted octanol–water partition coefficient (Wildman–Crippen LogP) is 2.95. The molecule has 0 saturated carbocycles. The van der Waals surface area contributed by atoms with E-state index < -0.39 is 0 Å². The maximum Gasteiger partial charge on any atom is 0.258 e. The van der Waals surface area contributed by atoms with E-state index in [0.29, 0.717) is 29.0 Å². The summed E-state index contributed by atoms with van der Waals surface area (Å²) < 4.78 is 5.35. The van der Waals surface area contributed by atoms with Crippen molar-refractivity contribution in [2.24, 2.45) is 5.73 Å². The first-order valence-corrected chi connectivity index (χ1v) is 6.89. The van der Waals surface area contributed by atoms with Crippen LogP contribution in [0.15, 0.2) is 47.1 Å². The zero-order valence-corrected chi connectivity index (χ0v) is 11.9. The highest BCUT2D eigenvalue weighted by Crippen LogP contribution is 2.25. The second kappa shape index (κ2) is 6.03. The molecule has 0 amide bonds. The van der Waals surface area contributed by atoms with Crippen LogP contribution in [-0.4, -0.2) is 21.7 Å². The first-order valence-electron chi connectivity index (χ1n) is 6.52. The molecular formula is C15H13ClN4O. The van der Waals surface area contributed by atoms with Crippen LogP contribution in [-0.2, 0) is 6.42 Å². The van der Waals surface area contributed by atoms with Crippen molar-refractivity contribution in [3.63, 3.8) is 0 Å². The predicted molar refractivity (Wildman–Crippen MR) is 80.7 cm³/mol. The molecule has 106 valence electrons. The van der Waals surface area contributed by atoms with E-state index in [0.717, 1.165) is 17.5 Å². The average Bonchev–Trinajstić information content (AvgIpc) is 2.99. The second-order valence-electron chi connectivity index (χ2n) is 4.48. The highest BCUT2D eigenvalue weighted by Gasteiger charge is 2.14. The molecule has 6 heteroatoms. The second-order valence-corrected chi connectivity index (χ2v) is 4.92. The van der Waals surface area contributed by atoms with Gasteiger partial charge in [-0.3, -0.25) is 4.98 Å². The Morgan fingerprint density at radius 2 is 2.00 bits per heavy atom. The molecule has 0 radical (unpaired) electrons. The average molecular weight is 301 g/mol. The van der Waals surface area contributed by atoms with Gasteiger partial charge in [-0.05, 0) is 36.7 Å². The number of hydrogen-bond acceptors (Lipinski definition) is 5. The molecule has 0 saturated heterocycles. The molecule has 2 aromatic heterocycles. The van der Waals surface area contributed by atoms with E-state index in [9.17, 15) is 0 Å². The van der Waals surface area contributed by atoms with Crippen LogP contribution in [0.5, 0.6) is 0 Å². The molecule has 0 aliphatic rings. The first kappa shape index (κ1) is 13.7. The van der Waals surface area contributed by atoms with Crippen molar-refractivity contribution in [3.8, 4) is 23.0 Å². The van der Waals surface area contributed by atoms with Gasteiger partial charge in [0, 0.05) is 11.8 Å². The van der Waals surface area contributed by atoms with Crippen LogP contribution in [0.1, 0.15) is 5.56 Å². The van der Waals surface area contributed by atoms with Crippen LogP contribution >= 0.6 is 11.6 Å². The summed E-state index contributed by atoms with van der Waals surface area (Å²) in [6, 6.07) is 11.3. The van der Waals surface area contributed by atoms with Crippen molar-refractivity contribution >= 4 is 11.6 Å². The Balaban J connectivity index is 1.97. The Hall–Kier alpha value is -2.24. The molecule has 1 aromatic carbocycles. The smallest absolute Gasteiger partial charge is 0.258 e. The van der Waals surface area contributed by atoms with Gasteiger partial charge < -0.3 is 10.3 Å². The standard InChI is InChI=1S/C15H13ClN4O/c16-11-5-6-13(18-9-11)14-19-15(21-20-14)12-4-2-1-3-10(12)7-8-17/h1-6,9H,7-8,17H2. The fourth-order valence-corrected chi connectivity index (χ4v) is 2.16. The minimum atomic E-state index is 0.434. The van der Waals surface area contributed by atoms with Gasteiger partial charge in [-0.15, -0.1) is 0 Å². The largest absolute Gasteiger partial charge is 0.334 e. The van der Waals surface area contributed by atoms with Gasteiger partial charge in [0.25, 0.3) is 5.89 Å². The van der Waals surface area contributed by atoms with Crippen molar-refractivity contribution in [1.82, 2.24) is 15.1 Å². The third-order valence-corrected chi connectivity index (χ3v) is 3.27. The lowest BCUT2D eigenvalue weighted by atomic mass is 10.0. The quantitative estimate of drug-likeness (QED) is 0.801. The van der Waals surface area contributed by atoms with Crippen LogP contribution in [0.3, 0.4) is 0 Å². The molecule has 5 nitrogen and oxygen atoms in total. The summed E-state index contributed by atoms with van der Waals surface area (Å²) in [6.45, 7) is 0.566. The van der Waals surface area contributed by atoms with Crippen LogP contribution in [0.2, 0.25) is 5.02 Å². The Morgan fingerprint density at radius 1 is 1.14 bits per heavy atom. The topological polar surface area (TPSA) is 77.8 Å². The van der Waals surface area contributed by atoms with Crippen LogP contribution < -0.4 is 5.73 Å².